The Balaban J connectivity index is 1.63. The normalized spacial score (nSPS) is 11.2. The standard InChI is InChI=1S/C23H22BrClN2O3S/c1-31(29,30)27(22-4-2-3-20(24)15-22)16-18-5-9-19(10-6-18)23(28)26-14-13-17-7-11-21(25)12-8-17/h2-12,15H,13-14,16H2,1H3,(H,26,28). The minimum absolute atomic E-state index is 0.174. The summed E-state index contributed by atoms with van der Waals surface area (Å²) in [7, 11) is -3.48. The Morgan fingerprint density at radius 3 is 2.26 bits per heavy atom. The Kier molecular flexibility index (Phi) is 7.75. The third-order valence-electron chi connectivity index (χ3n) is 4.65. The molecule has 31 heavy (non-hydrogen) atoms. The predicted molar refractivity (Wildman–Crippen MR) is 129 cm³/mol. The summed E-state index contributed by atoms with van der Waals surface area (Å²) in [6.07, 6.45) is 1.88. The van der Waals surface area contributed by atoms with Gasteiger partial charge in [0.25, 0.3) is 5.91 Å². The van der Waals surface area contributed by atoms with Gasteiger partial charge in [0.05, 0.1) is 18.5 Å². The number of carbonyl (C=O) groups excluding carboxylic acids is 1. The summed E-state index contributed by atoms with van der Waals surface area (Å²) in [6, 6.07) is 21.6. The van der Waals surface area contributed by atoms with Gasteiger partial charge in [0.15, 0.2) is 0 Å². The molecule has 0 atom stereocenters. The third-order valence-corrected chi connectivity index (χ3v) is 6.54. The zero-order valence-corrected chi connectivity index (χ0v) is 20.0. The van der Waals surface area contributed by atoms with Crippen molar-refractivity contribution in [2.75, 3.05) is 17.1 Å². The number of benzene rings is 3. The van der Waals surface area contributed by atoms with Crippen LogP contribution in [0.5, 0.6) is 0 Å². The lowest BCUT2D eigenvalue weighted by Crippen LogP contribution is -2.29. The fourth-order valence-electron chi connectivity index (χ4n) is 3.03. The highest BCUT2D eigenvalue weighted by Crippen LogP contribution is 2.24. The summed E-state index contributed by atoms with van der Waals surface area (Å²) in [5, 5.41) is 3.58. The van der Waals surface area contributed by atoms with Gasteiger partial charge < -0.3 is 5.32 Å². The molecule has 0 spiro atoms. The van der Waals surface area contributed by atoms with Gasteiger partial charge in [0.2, 0.25) is 10.0 Å². The van der Waals surface area contributed by atoms with Crippen LogP contribution in [0.1, 0.15) is 21.5 Å². The fraction of sp³-hybridized carbons (Fsp3) is 0.174. The molecular formula is C23H22BrClN2O3S. The van der Waals surface area contributed by atoms with Crippen LogP contribution >= 0.6 is 27.5 Å². The van der Waals surface area contributed by atoms with E-state index in [4.69, 9.17) is 11.6 Å². The summed E-state index contributed by atoms with van der Waals surface area (Å²) in [5.74, 6) is -0.174. The van der Waals surface area contributed by atoms with E-state index < -0.39 is 10.0 Å². The minimum atomic E-state index is -3.48. The largest absolute Gasteiger partial charge is 0.352 e. The number of halogens is 2. The number of rotatable bonds is 8. The number of anilines is 1. The second-order valence-electron chi connectivity index (χ2n) is 7.08. The highest BCUT2D eigenvalue weighted by Gasteiger charge is 2.18. The van der Waals surface area contributed by atoms with Gasteiger partial charge in [-0.1, -0.05) is 57.9 Å². The van der Waals surface area contributed by atoms with E-state index in [-0.39, 0.29) is 12.5 Å². The van der Waals surface area contributed by atoms with Crippen molar-refractivity contribution in [1.29, 1.82) is 0 Å². The third kappa shape index (κ3) is 6.82. The molecule has 0 aromatic heterocycles. The van der Waals surface area contributed by atoms with Crippen molar-refractivity contribution >= 4 is 49.1 Å². The molecule has 1 amide bonds. The first-order valence-electron chi connectivity index (χ1n) is 9.57. The van der Waals surface area contributed by atoms with E-state index in [1.165, 1.54) is 10.6 Å². The van der Waals surface area contributed by atoms with Crippen LogP contribution in [0.25, 0.3) is 0 Å². The lowest BCUT2D eigenvalue weighted by atomic mass is 10.1. The first-order chi connectivity index (χ1) is 14.7. The monoisotopic (exact) mass is 520 g/mol. The molecule has 3 aromatic carbocycles. The molecule has 162 valence electrons. The molecule has 0 aliphatic carbocycles. The molecule has 1 N–H and O–H groups in total. The van der Waals surface area contributed by atoms with Gasteiger partial charge in [0, 0.05) is 21.6 Å². The maximum atomic E-state index is 12.4. The van der Waals surface area contributed by atoms with Gasteiger partial charge in [0.1, 0.15) is 0 Å². The zero-order valence-electron chi connectivity index (χ0n) is 16.9. The summed E-state index contributed by atoms with van der Waals surface area (Å²) < 4.78 is 26.8. The lowest BCUT2D eigenvalue weighted by molar-refractivity contribution is 0.0954. The van der Waals surface area contributed by atoms with E-state index >= 15 is 0 Å². The van der Waals surface area contributed by atoms with Gasteiger partial charge in [-0.3, -0.25) is 9.10 Å². The maximum absolute atomic E-state index is 12.4. The number of nitrogens with zero attached hydrogens (tertiary/aromatic N) is 1. The predicted octanol–water partition coefficient (Wildman–Crippen LogP) is 5.04. The molecule has 3 rings (SSSR count). The Bertz CT molecular complexity index is 1150. The van der Waals surface area contributed by atoms with Crippen LogP contribution in [-0.4, -0.2) is 27.1 Å². The van der Waals surface area contributed by atoms with Crippen molar-refractivity contribution in [3.63, 3.8) is 0 Å². The number of amides is 1. The lowest BCUT2D eigenvalue weighted by Gasteiger charge is -2.23. The van der Waals surface area contributed by atoms with Crippen LogP contribution in [0.3, 0.4) is 0 Å². The van der Waals surface area contributed by atoms with Crippen LogP contribution in [0, 0.1) is 0 Å². The Morgan fingerprint density at radius 2 is 1.65 bits per heavy atom. The Labute approximate surface area is 196 Å². The van der Waals surface area contributed by atoms with E-state index in [0.29, 0.717) is 29.2 Å². The van der Waals surface area contributed by atoms with Crippen LogP contribution < -0.4 is 9.62 Å². The van der Waals surface area contributed by atoms with Gasteiger partial charge >= 0.3 is 0 Å². The van der Waals surface area contributed by atoms with E-state index in [0.717, 1.165) is 15.6 Å². The Hall–Kier alpha value is -2.35. The molecule has 0 bridgehead atoms. The average Bonchev–Trinajstić information content (AvgIpc) is 2.73. The molecule has 0 saturated heterocycles. The number of sulfonamides is 1. The quantitative estimate of drug-likeness (QED) is 0.451. The number of hydrogen-bond donors (Lipinski definition) is 1. The summed E-state index contributed by atoms with van der Waals surface area (Å²) in [4.78, 5) is 12.4. The number of hydrogen-bond acceptors (Lipinski definition) is 3. The first-order valence-corrected chi connectivity index (χ1v) is 12.6. The van der Waals surface area contributed by atoms with Gasteiger partial charge in [-0.2, -0.15) is 0 Å². The summed E-state index contributed by atoms with van der Waals surface area (Å²) >= 11 is 9.25. The van der Waals surface area contributed by atoms with Gasteiger partial charge in [-0.25, -0.2) is 8.42 Å². The van der Waals surface area contributed by atoms with E-state index in [1.807, 2.05) is 30.3 Å². The topological polar surface area (TPSA) is 66.5 Å². The van der Waals surface area contributed by atoms with Crippen molar-refractivity contribution < 1.29 is 13.2 Å². The molecule has 0 aliphatic heterocycles. The van der Waals surface area contributed by atoms with Crippen LogP contribution in [-0.2, 0) is 23.0 Å². The molecule has 5 nitrogen and oxygen atoms in total. The van der Waals surface area contributed by atoms with E-state index in [9.17, 15) is 13.2 Å². The van der Waals surface area contributed by atoms with Crippen molar-refractivity contribution in [3.8, 4) is 0 Å². The highest BCUT2D eigenvalue weighted by atomic mass is 79.9. The molecule has 0 fully saturated rings. The molecule has 8 heteroatoms. The first kappa shape index (κ1) is 23.3. The van der Waals surface area contributed by atoms with Crippen LogP contribution in [0.4, 0.5) is 5.69 Å². The van der Waals surface area contributed by atoms with Crippen LogP contribution in [0.15, 0.2) is 77.3 Å². The SMILES string of the molecule is CS(=O)(=O)N(Cc1ccc(C(=O)NCCc2ccc(Cl)cc2)cc1)c1cccc(Br)c1. The Morgan fingerprint density at radius 1 is 1.00 bits per heavy atom. The second kappa shape index (κ2) is 10.3. The molecule has 3 aromatic rings. The summed E-state index contributed by atoms with van der Waals surface area (Å²) in [6.45, 7) is 0.681. The van der Waals surface area contributed by atoms with E-state index in [2.05, 4.69) is 21.2 Å². The van der Waals surface area contributed by atoms with Crippen molar-refractivity contribution in [1.82, 2.24) is 5.32 Å². The molecule has 0 unspecified atom stereocenters. The van der Waals surface area contributed by atoms with Crippen LogP contribution in [0.2, 0.25) is 5.02 Å². The molecular weight excluding hydrogens is 500 g/mol. The minimum Gasteiger partial charge on any atom is -0.352 e. The zero-order chi connectivity index (χ0) is 22.4. The molecule has 0 radical (unpaired) electrons. The van der Waals surface area contributed by atoms with Gasteiger partial charge in [-0.05, 0) is 60.0 Å². The number of nitrogens with one attached hydrogen (secondary N) is 1. The van der Waals surface area contributed by atoms with E-state index in [1.54, 1.807) is 42.5 Å². The molecule has 0 heterocycles. The highest BCUT2D eigenvalue weighted by molar-refractivity contribution is 9.10. The smallest absolute Gasteiger partial charge is 0.251 e. The van der Waals surface area contributed by atoms with Crippen molar-refractivity contribution in [2.45, 2.75) is 13.0 Å². The summed E-state index contributed by atoms with van der Waals surface area (Å²) in [5.41, 5.74) is 2.96. The van der Waals surface area contributed by atoms with Gasteiger partial charge in [-0.15, -0.1) is 0 Å². The molecule has 0 saturated carbocycles. The maximum Gasteiger partial charge on any atom is 0.251 e. The number of carbonyl (C=O) groups is 1. The second-order valence-corrected chi connectivity index (χ2v) is 10.3. The molecule has 0 aliphatic rings. The average molecular weight is 522 g/mol. The van der Waals surface area contributed by atoms with Crippen molar-refractivity contribution in [3.05, 3.63) is 99.0 Å². The van der Waals surface area contributed by atoms with Crippen molar-refractivity contribution in [2.24, 2.45) is 0 Å². The fourth-order valence-corrected chi connectivity index (χ4v) is 4.43.